The number of rotatable bonds is 18. The number of halogens is 1. The van der Waals surface area contributed by atoms with Crippen LogP contribution in [0.15, 0.2) is 48.5 Å². The van der Waals surface area contributed by atoms with Gasteiger partial charge in [0.15, 0.2) is 34.6 Å². The smallest absolute Gasteiger partial charge is 0.329 e. The molecule has 3 aromatic carbocycles. The number of likely N-dealkylation sites (tertiary alicyclic amines) is 2. The monoisotopic (exact) mass is 854 g/mol. The highest BCUT2D eigenvalue weighted by Crippen LogP contribution is 2.38. The van der Waals surface area contributed by atoms with Crippen molar-refractivity contribution in [1.29, 1.82) is 0 Å². The molecule has 2 amide bonds. The van der Waals surface area contributed by atoms with Crippen LogP contribution in [0.5, 0.6) is 23.0 Å². The third-order valence-corrected chi connectivity index (χ3v) is 9.82. The van der Waals surface area contributed by atoms with Gasteiger partial charge in [0.1, 0.15) is 29.8 Å². The first-order chi connectivity index (χ1) is 28.7. The molecule has 20 nitrogen and oxygen atoms in total. The van der Waals surface area contributed by atoms with Gasteiger partial charge in [-0.3, -0.25) is 39.4 Å². The Morgan fingerprint density at radius 1 is 0.667 bits per heavy atom. The number of nitro benzene ring substituents is 2. The predicted molar refractivity (Wildman–Crippen MR) is 206 cm³/mol. The van der Waals surface area contributed by atoms with E-state index in [9.17, 15) is 49.0 Å². The van der Waals surface area contributed by atoms with Crippen LogP contribution in [0.1, 0.15) is 58.4 Å². The van der Waals surface area contributed by atoms with Crippen LogP contribution in [-0.4, -0.2) is 115 Å². The van der Waals surface area contributed by atoms with Gasteiger partial charge in [-0.05, 0) is 37.0 Å². The second-order valence-corrected chi connectivity index (χ2v) is 13.9. The number of nitro groups is 2. The van der Waals surface area contributed by atoms with Crippen molar-refractivity contribution in [3.8, 4) is 23.0 Å². The van der Waals surface area contributed by atoms with Gasteiger partial charge in [-0.1, -0.05) is 23.7 Å². The molecule has 2 atom stereocenters. The number of Topliss-reactive ketones (excluding diaryl/α,β-unsaturated/α-hetero) is 2. The van der Waals surface area contributed by atoms with E-state index in [2.05, 4.69) is 0 Å². The zero-order chi connectivity index (χ0) is 43.7. The molecule has 0 N–H and O–H groups in total. The number of unbranched alkanes of at least 4 members (excludes halogenated alkanes) is 2. The van der Waals surface area contributed by atoms with E-state index < -0.39 is 92.8 Å². The van der Waals surface area contributed by atoms with Gasteiger partial charge in [-0.2, -0.15) is 0 Å². The van der Waals surface area contributed by atoms with Crippen LogP contribution in [0, 0.1) is 20.2 Å². The first kappa shape index (κ1) is 44.3. The summed E-state index contributed by atoms with van der Waals surface area (Å²) in [6.45, 7) is -0.875. The average Bonchev–Trinajstić information content (AvgIpc) is 3.83. The Morgan fingerprint density at radius 3 is 1.53 bits per heavy atom. The Kier molecular flexibility index (Phi) is 14.6. The van der Waals surface area contributed by atoms with E-state index in [0.717, 1.165) is 48.3 Å². The van der Waals surface area contributed by atoms with Gasteiger partial charge in [0, 0.05) is 30.0 Å². The third-order valence-electron chi connectivity index (χ3n) is 9.57. The lowest BCUT2D eigenvalue weighted by atomic mass is 10.1. The maximum Gasteiger partial charge on any atom is 0.329 e. The quantitative estimate of drug-likeness (QED) is 0.0749. The maximum atomic E-state index is 13.7. The number of amides is 2. The number of benzene rings is 3. The van der Waals surface area contributed by atoms with Crippen molar-refractivity contribution in [2.45, 2.75) is 50.8 Å². The standard InChI is InChI=1S/C39H39ClN4O16/c1-55-32-15-26(36(47)41-19-24(45)13-30(41)38(49)56-2)28(43(51)52)17-34(32)58-11-5-4-6-12-59-35-18-29(44(53)54)27(16-33(35)60-21-22-7-9-23(40)10-8-22)37(48)42-20-25(46)14-31(42)39(50)57-3/h7-10,15-18,30-31H,4-6,11-14,19-21H2,1-3H3/t30?,31-/m0/s1. The van der Waals surface area contributed by atoms with Crippen molar-refractivity contribution in [3.05, 3.63) is 90.5 Å². The highest BCUT2D eigenvalue weighted by Gasteiger charge is 2.43. The van der Waals surface area contributed by atoms with Gasteiger partial charge in [-0.25, -0.2) is 9.59 Å². The average molecular weight is 855 g/mol. The van der Waals surface area contributed by atoms with Crippen LogP contribution in [0.3, 0.4) is 0 Å². The fourth-order valence-corrected chi connectivity index (χ4v) is 6.66. The highest BCUT2D eigenvalue weighted by atomic mass is 35.5. The van der Waals surface area contributed by atoms with Crippen LogP contribution in [0.2, 0.25) is 5.02 Å². The summed E-state index contributed by atoms with van der Waals surface area (Å²) >= 11 is 6.00. The summed E-state index contributed by atoms with van der Waals surface area (Å²) in [5.74, 6) is -4.57. The van der Waals surface area contributed by atoms with E-state index in [4.69, 9.17) is 40.0 Å². The number of hydrogen-bond acceptors (Lipinski definition) is 16. The molecular formula is C39H39ClN4O16. The van der Waals surface area contributed by atoms with Gasteiger partial charge < -0.3 is 38.2 Å². The molecule has 5 rings (SSSR count). The molecule has 3 aromatic rings. The Balaban J connectivity index is 1.27. The van der Waals surface area contributed by atoms with Crippen molar-refractivity contribution < 1.29 is 67.0 Å². The van der Waals surface area contributed by atoms with Crippen molar-refractivity contribution in [2.75, 3.05) is 47.6 Å². The van der Waals surface area contributed by atoms with E-state index in [0.29, 0.717) is 29.8 Å². The Bertz CT molecular complexity index is 2200. The zero-order valence-corrected chi connectivity index (χ0v) is 33.3. The predicted octanol–water partition coefficient (Wildman–Crippen LogP) is 4.29. The summed E-state index contributed by atoms with van der Waals surface area (Å²) in [4.78, 5) is 101. The molecule has 1 unspecified atom stereocenters. The Morgan fingerprint density at radius 2 is 1.10 bits per heavy atom. The topological polar surface area (TPSA) is 251 Å². The molecule has 0 spiro atoms. The minimum absolute atomic E-state index is 0.0146. The molecule has 0 aromatic heterocycles. The Labute approximate surface area is 346 Å². The molecule has 0 bridgehead atoms. The van der Waals surface area contributed by atoms with Crippen molar-refractivity contribution >= 4 is 58.3 Å². The van der Waals surface area contributed by atoms with Crippen LogP contribution >= 0.6 is 11.6 Å². The third kappa shape index (κ3) is 10.2. The summed E-state index contributed by atoms with van der Waals surface area (Å²) in [7, 11) is 3.46. The lowest BCUT2D eigenvalue weighted by Crippen LogP contribution is -2.41. The summed E-state index contributed by atoms with van der Waals surface area (Å²) in [5.41, 5.74) is -1.48. The van der Waals surface area contributed by atoms with Crippen molar-refractivity contribution in [3.63, 3.8) is 0 Å². The Hall–Kier alpha value is -6.83. The van der Waals surface area contributed by atoms with Crippen LogP contribution in [-0.2, 0) is 35.3 Å². The van der Waals surface area contributed by atoms with Crippen LogP contribution in [0.25, 0.3) is 0 Å². The number of ketones is 2. The fraction of sp³-hybridized carbons (Fsp3) is 0.385. The minimum atomic E-state index is -1.26. The van der Waals surface area contributed by atoms with Crippen LogP contribution in [0.4, 0.5) is 11.4 Å². The molecule has 0 aliphatic carbocycles. The number of carbonyl (C=O) groups excluding carboxylic acids is 6. The second kappa shape index (κ2) is 19.7. The first-order valence-electron chi connectivity index (χ1n) is 18.3. The number of methoxy groups -OCH3 is 3. The van der Waals surface area contributed by atoms with Gasteiger partial charge in [0.05, 0.1) is 69.6 Å². The molecule has 0 radical (unpaired) electrons. The molecule has 60 heavy (non-hydrogen) atoms. The zero-order valence-electron chi connectivity index (χ0n) is 32.5. The molecule has 2 fully saturated rings. The normalized spacial score (nSPS) is 16.0. The number of carbonyl (C=O) groups is 6. The molecule has 2 saturated heterocycles. The number of ether oxygens (including phenoxy) is 6. The molecule has 0 saturated carbocycles. The minimum Gasteiger partial charge on any atom is -0.493 e. The number of nitrogens with zero attached hydrogens (tertiary/aromatic N) is 4. The molecule has 318 valence electrons. The van der Waals surface area contributed by atoms with E-state index in [1.54, 1.807) is 24.3 Å². The summed E-state index contributed by atoms with van der Waals surface area (Å²) < 4.78 is 32.5. The molecule has 2 aliphatic rings. The summed E-state index contributed by atoms with van der Waals surface area (Å²) in [6.07, 6.45) is 0.649. The SMILES string of the molecule is COC(=O)C1CC(=O)CN1C(=O)c1cc(OC)c(OCCCCCOc2cc([N+](=O)[O-])c(C(=O)N3CC(=O)C[C@H]3C(=O)OC)cc2OCc2ccc(Cl)cc2)cc1[N+](=O)[O-]. The van der Waals surface area contributed by atoms with Gasteiger partial charge >= 0.3 is 11.9 Å². The van der Waals surface area contributed by atoms with Gasteiger partial charge in [0.2, 0.25) is 0 Å². The van der Waals surface area contributed by atoms with E-state index >= 15 is 0 Å². The fourth-order valence-electron chi connectivity index (χ4n) is 6.54. The lowest BCUT2D eigenvalue weighted by molar-refractivity contribution is -0.385. The summed E-state index contributed by atoms with van der Waals surface area (Å²) in [5, 5.41) is 24.8. The molecule has 2 heterocycles. The second-order valence-electron chi connectivity index (χ2n) is 13.5. The number of esters is 2. The van der Waals surface area contributed by atoms with Gasteiger partial charge in [-0.15, -0.1) is 0 Å². The largest absolute Gasteiger partial charge is 0.493 e. The van der Waals surface area contributed by atoms with E-state index in [1.807, 2.05) is 0 Å². The molecule has 21 heteroatoms. The molecular weight excluding hydrogens is 816 g/mol. The highest BCUT2D eigenvalue weighted by molar-refractivity contribution is 6.30. The lowest BCUT2D eigenvalue weighted by Gasteiger charge is -2.22. The first-order valence-corrected chi connectivity index (χ1v) is 18.7. The van der Waals surface area contributed by atoms with E-state index in [-0.39, 0.29) is 55.7 Å². The van der Waals surface area contributed by atoms with Crippen molar-refractivity contribution in [1.82, 2.24) is 9.80 Å². The van der Waals surface area contributed by atoms with Gasteiger partial charge in [0.25, 0.3) is 23.2 Å². The van der Waals surface area contributed by atoms with Crippen LogP contribution < -0.4 is 18.9 Å². The maximum absolute atomic E-state index is 13.7. The summed E-state index contributed by atoms with van der Waals surface area (Å²) in [6, 6.07) is 8.45. The number of hydrogen-bond donors (Lipinski definition) is 0. The van der Waals surface area contributed by atoms with E-state index in [1.165, 1.54) is 7.11 Å². The van der Waals surface area contributed by atoms with Crippen molar-refractivity contribution in [2.24, 2.45) is 0 Å². The molecule has 2 aliphatic heterocycles.